The molecule has 26 heavy (non-hydrogen) atoms. The van der Waals surface area contributed by atoms with Gasteiger partial charge in [0, 0.05) is 18.3 Å². The van der Waals surface area contributed by atoms with Gasteiger partial charge in [-0.25, -0.2) is 9.67 Å². The third-order valence-electron chi connectivity index (χ3n) is 5.64. The second-order valence-electron chi connectivity index (χ2n) is 7.22. The second-order valence-corrected chi connectivity index (χ2v) is 7.22. The SMILES string of the molecule is O=C(Nc1cccc(OCCn2cncn2)c1)[C@@]12CCCC[C@H]1CNC2. The maximum absolute atomic E-state index is 13.0. The highest BCUT2D eigenvalue weighted by Gasteiger charge is 2.49. The fraction of sp³-hybridized carbons (Fsp3) is 0.526. The van der Waals surface area contributed by atoms with Crippen molar-refractivity contribution in [3.63, 3.8) is 0 Å². The molecule has 0 unspecified atom stereocenters. The molecule has 2 heterocycles. The Morgan fingerprint density at radius 2 is 2.38 bits per heavy atom. The van der Waals surface area contributed by atoms with Crippen LogP contribution in [-0.2, 0) is 11.3 Å². The molecule has 7 nitrogen and oxygen atoms in total. The minimum absolute atomic E-state index is 0.145. The van der Waals surface area contributed by atoms with Gasteiger partial charge in [-0.1, -0.05) is 18.9 Å². The first-order chi connectivity index (χ1) is 12.8. The van der Waals surface area contributed by atoms with Gasteiger partial charge in [0.2, 0.25) is 5.91 Å². The molecule has 1 saturated heterocycles. The number of fused-ring (bicyclic) bond motifs is 1. The molecule has 0 bridgehead atoms. The number of aromatic nitrogens is 3. The summed E-state index contributed by atoms with van der Waals surface area (Å²) in [5.41, 5.74) is 0.543. The van der Waals surface area contributed by atoms with Crippen molar-refractivity contribution in [1.29, 1.82) is 0 Å². The van der Waals surface area contributed by atoms with E-state index in [1.807, 2.05) is 24.3 Å². The number of hydrogen-bond donors (Lipinski definition) is 2. The number of carbonyl (C=O) groups excluding carboxylic acids is 1. The van der Waals surface area contributed by atoms with Crippen molar-refractivity contribution in [2.24, 2.45) is 11.3 Å². The number of carbonyl (C=O) groups is 1. The predicted octanol–water partition coefficient (Wildman–Crippen LogP) is 2.08. The van der Waals surface area contributed by atoms with Crippen LogP contribution in [0.1, 0.15) is 25.7 Å². The van der Waals surface area contributed by atoms with Crippen LogP contribution in [0.5, 0.6) is 5.75 Å². The maximum atomic E-state index is 13.0. The average molecular weight is 355 g/mol. The van der Waals surface area contributed by atoms with Gasteiger partial charge >= 0.3 is 0 Å². The molecule has 0 radical (unpaired) electrons. The summed E-state index contributed by atoms with van der Waals surface area (Å²) >= 11 is 0. The van der Waals surface area contributed by atoms with Gasteiger partial charge in [0.1, 0.15) is 25.0 Å². The molecule has 1 aromatic heterocycles. The molecule has 1 aliphatic heterocycles. The van der Waals surface area contributed by atoms with Gasteiger partial charge in [-0.2, -0.15) is 5.10 Å². The van der Waals surface area contributed by atoms with Crippen LogP contribution in [0.4, 0.5) is 5.69 Å². The zero-order valence-corrected chi connectivity index (χ0v) is 14.9. The van der Waals surface area contributed by atoms with Crippen molar-refractivity contribution in [3.05, 3.63) is 36.9 Å². The van der Waals surface area contributed by atoms with E-state index >= 15 is 0 Å². The van der Waals surface area contributed by atoms with Crippen molar-refractivity contribution in [3.8, 4) is 5.75 Å². The van der Waals surface area contributed by atoms with Crippen molar-refractivity contribution in [2.75, 3.05) is 25.0 Å². The van der Waals surface area contributed by atoms with Crippen molar-refractivity contribution < 1.29 is 9.53 Å². The van der Waals surface area contributed by atoms with Gasteiger partial charge in [0.05, 0.1) is 12.0 Å². The van der Waals surface area contributed by atoms with E-state index in [-0.39, 0.29) is 11.3 Å². The Morgan fingerprint density at radius 1 is 1.42 bits per heavy atom. The van der Waals surface area contributed by atoms with Gasteiger partial charge in [-0.15, -0.1) is 0 Å². The Kier molecular flexibility index (Phi) is 4.88. The highest BCUT2D eigenvalue weighted by atomic mass is 16.5. The number of hydrogen-bond acceptors (Lipinski definition) is 5. The van der Waals surface area contributed by atoms with E-state index in [4.69, 9.17) is 4.74 Å². The monoisotopic (exact) mass is 355 g/mol. The summed E-state index contributed by atoms with van der Waals surface area (Å²) < 4.78 is 7.50. The number of anilines is 1. The van der Waals surface area contributed by atoms with E-state index in [9.17, 15) is 4.79 Å². The maximum Gasteiger partial charge on any atom is 0.232 e. The lowest BCUT2D eigenvalue weighted by Gasteiger charge is -2.37. The fourth-order valence-corrected chi connectivity index (χ4v) is 4.21. The summed E-state index contributed by atoms with van der Waals surface area (Å²) in [6.45, 7) is 2.88. The van der Waals surface area contributed by atoms with Crippen LogP contribution in [0.3, 0.4) is 0 Å². The fourth-order valence-electron chi connectivity index (χ4n) is 4.21. The van der Waals surface area contributed by atoms with Crippen LogP contribution in [0.25, 0.3) is 0 Å². The van der Waals surface area contributed by atoms with Gasteiger partial charge in [0.15, 0.2) is 0 Å². The van der Waals surface area contributed by atoms with Crippen LogP contribution >= 0.6 is 0 Å². The van der Waals surface area contributed by atoms with Crippen molar-refractivity contribution in [2.45, 2.75) is 32.2 Å². The molecule has 138 valence electrons. The van der Waals surface area contributed by atoms with E-state index in [1.54, 1.807) is 11.0 Å². The Labute approximate surface area is 153 Å². The Bertz CT molecular complexity index is 748. The highest BCUT2D eigenvalue weighted by molar-refractivity contribution is 5.96. The standard InChI is InChI=1S/C19H25N5O2/c25-18(19-7-2-1-4-15(19)11-20-12-19)23-16-5-3-6-17(10-16)26-9-8-24-14-21-13-22-24/h3,5-6,10,13-15,20H,1-2,4,7-9,11-12H2,(H,23,25)/t15-,19+/m0/s1. The number of rotatable bonds is 6. The number of nitrogens with zero attached hydrogens (tertiary/aromatic N) is 3. The van der Waals surface area contributed by atoms with Crippen LogP contribution in [0.15, 0.2) is 36.9 Å². The minimum atomic E-state index is -0.248. The van der Waals surface area contributed by atoms with E-state index in [0.29, 0.717) is 19.1 Å². The summed E-state index contributed by atoms with van der Waals surface area (Å²) in [6, 6.07) is 7.61. The largest absolute Gasteiger partial charge is 0.492 e. The van der Waals surface area contributed by atoms with Crippen molar-refractivity contribution >= 4 is 11.6 Å². The molecule has 2 fully saturated rings. The zero-order chi connectivity index (χ0) is 17.8. The molecule has 2 N–H and O–H groups in total. The molecular weight excluding hydrogens is 330 g/mol. The van der Waals surface area contributed by atoms with E-state index < -0.39 is 0 Å². The van der Waals surface area contributed by atoms with Crippen LogP contribution in [0.2, 0.25) is 0 Å². The quantitative estimate of drug-likeness (QED) is 0.829. The third-order valence-corrected chi connectivity index (χ3v) is 5.64. The summed E-state index contributed by atoms with van der Waals surface area (Å²) in [4.78, 5) is 16.9. The smallest absolute Gasteiger partial charge is 0.232 e. The van der Waals surface area contributed by atoms with Gasteiger partial charge in [0.25, 0.3) is 0 Å². The molecule has 1 aliphatic carbocycles. The lowest BCUT2D eigenvalue weighted by molar-refractivity contribution is -0.128. The minimum Gasteiger partial charge on any atom is -0.492 e. The molecular formula is C19H25N5O2. The molecule has 1 aromatic carbocycles. The number of ether oxygens (including phenoxy) is 1. The Balaban J connectivity index is 1.38. The number of benzene rings is 1. The second kappa shape index (κ2) is 7.45. The highest BCUT2D eigenvalue weighted by Crippen LogP contribution is 2.44. The Hall–Kier alpha value is -2.41. The predicted molar refractivity (Wildman–Crippen MR) is 97.8 cm³/mol. The first-order valence-electron chi connectivity index (χ1n) is 9.34. The van der Waals surface area contributed by atoms with E-state index in [0.717, 1.165) is 43.8 Å². The lowest BCUT2D eigenvalue weighted by atomic mass is 9.67. The molecule has 2 atom stereocenters. The Morgan fingerprint density at radius 3 is 3.27 bits per heavy atom. The normalized spacial score (nSPS) is 24.8. The molecule has 2 aliphatic rings. The van der Waals surface area contributed by atoms with Gasteiger partial charge in [-0.05, 0) is 37.4 Å². The average Bonchev–Trinajstić information content (AvgIpc) is 3.32. The molecule has 7 heteroatoms. The number of amides is 1. The van der Waals surface area contributed by atoms with E-state index in [2.05, 4.69) is 20.7 Å². The molecule has 2 aromatic rings. The summed E-state index contributed by atoms with van der Waals surface area (Å²) in [7, 11) is 0. The van der Waals surface area contributed by atoms with E-state index in [1.165, 1.54) is 12.7 Å². The first kappa shape index (κ1) is 17.0. The molecule has 4 rings (SSSR count). The number of nitrogens with one attached hydrogen (secondary N) is 2. The lowest BCUT2D eigenvalue weighted by Crippen LogP contribution is -2.44. The molecule has 0 spiro atoms. The van der Waals surface area contributed by atoms with Crippen LogP contribution in [0, 0.1) is 11.3 Å². The third kappa shape index (κ3) is 3.44. The van der Waals surface area contributed by atoms with Gasteiger partial charge in [-0.3, -0.25) is 4.79 Å². The summed E-state index contributed by atoms with van der Waals surface area (Å²) in [6.07, 6.45) is 7.66. The topological polar surface area (TPSA) is 81.1 Å². The summed E-state index contributed by atoms with van der Waals surface area (Å²) in [5, 5.41) is 10.6. The van der Waals surface area contributed by atoms with Crippen LogP contribution < -0.4 is 15.4 Å². The first-order valence-corrected chi connectivity index (χ1v) is 9.34. The molecule has 1 saturated carbocycles. The summed E-state index contributed by atoms with van der Waals surface area (Å²) in [5.74, 6) is 1.34. The van der Waals surface area contributed by atoms with Crippen LogP contribution in [-0.4, -0.2) is 40.4 Å². The van der Waals surface area contributed by atoms with Crippen molar-refractivity contribution in [1.82, 2.24) is 20.1 Å². The van der Waals surface area contributed by atoms with Gasteiger partial charge < -0.3 is 15.4 Å². The zero-order valence-electron chi connectivity index (χ0n) is 14.9. The molecule has 1 amide bonds.